The van der Waals surface area contributed by atoms with Crippen molar-refractivity contribution < 1.29 is 4.74 Å². The van der Waals surface area contributed by atoms with Gasteiger partial charge in [-0.15, -0.1) is 0 Å². The van der Waals surface area contributed by atoms with Gasteiger partial charge >= 0.3 is 0 Å². The van der Waals surface area contributed by atoms with Gasteiger partial charge in [-0.3, -0.25) is 4.90 Å². The Morgan fingerprint density at radius 2 is 1.08 bits per heavy atom. The smallest absolute Gasteiger partial charge is 0.203 e. The summed E-state index contributed by atoms with van der Waals surface area (Å²) in [5, 5.41) is 2.71. The molecular formula is C48H29NO. The summed E-state index contributed by atoms with van der Waals surface area (Å²) in [5.74, 6) is 0.903. The average Bonchev–Trinajstić information content (AvgIpc) is 3.90. The van der Waals surface area contributed by atoms with Crippen molar-refractivity contribution in [2.24, 2.45) is 0 Å². The van der Waals surface area contributed by atoms with Crippen molar-refractivity contribution in [1.29, 1.82) is 0 Å². The van der Waals surface area contributed by atoms with Crippen molar-refractivity contribution in [3.05, 3.63) is 198 Å². The normalized spacial score (nSPS) is 18.0. The molecule has 8 aromatic carbocycles. The van der Waals surface area contributed by atoms with E-state index in [0.717, 1.165) is 22.7 Å². The zero-order valence-electron chi connectivity index (χ0n) is 27.1. The number of ether oxygens (including phenoxy) is 1. The number of anilines is 2. The molecule has 1 spiro atoms. The van der Waals surface area contributed by atoms with Crippen molar-refractivity contribution in [2.75, 3.05) is 4.90 Å². The fourth-order valence-corrected chi connectivity index (χ4v) is 9.80. The molecule has 2 unspecified atom stereocenters. The topological polar surface area (TPSA) is 12.5 Å². The molecule has 0 aromatic heterocycles. The number of para-hydroxylation sites is 3. The number of hydrogen-bond donors (Lipinski definition) is 0. The van der Waals surface area contributed by atoms with Gasteiger partial charge in [-0.1, -0.05) is 133 Å². The molecule has 0 saturated heterocycles. The van der Waals surface area contributed by atoms with Crippen LogP contribution in [0.4, 0.5) is 11.4 Å². The van der Waals surface area contributed by atoms with Gasteiger partial charge in [0.2, 0.25) is 6.23 Å². The highest BCUT2D eigenvalue weighted by atomic mass is 16.5. The third-order valence-corrected chi connectivity index (χ3v) is 11.7. The predicted molar refractivity (Wildman–Crippen MR) is 203 cm³/mol. The van der Waals surface area contributed by atoms with Gasteiger partial charge in [0, 0.05) is 11.3 Å². The van der Waals surface area contributed by atoms with Crippen LogP contribution in [0.3, 0.4) is 0 Å². The number of nitrogens with zero attached hydrogens (tertiary/aromatic N) is 1. The minimum Gasteiger partial charge on any atom is -0.464 e. The summed E-state index contributed by atoms with van der Waals surface area (Å²) in [6.07, 6.45) is -0.305. The minimum absolute atomic E-state index is 0.305. The van der Waals surface area contributed by atoms with E-state index in [9.17, 15) is 0 Å². The molecule has 0 amide bonds. The largest absolute Gasteiger partial charge is 0.464 e. The van der Waals surface area contributed by atoms with E-state index in [-0.39, 0.29) is 6.23 Å². The summed E-state index contributed by atoms with van der Waals surface area (Å²) in [6, 6.07) is 62.7. The van der Waals surface area contributed by atoms with Gasteiger partial charge in [-0.05, 0) is 114 Å². The summed E-state index contributed by atoms with van der Waals surface area (Å²) in [4.78, 5) is 2.34. The molecule has 0 radical (unpaired) electrons. The molecule has 2 heteroatoms. The number of hydrogen-bond acceptors (Lipinski definition) is 2. The standard InChI is InChI=1S/C48H29NO/c1-2-13-30(14-3-1)49-43-23-10-11-24-44(43)50-47(49)29-25-26-34-33-17-6-8-21-39(33)48(41(34)27-29)40-22-9-7-18-36(40)46-37-20-12-19-35-31-15-4-5-16-32(31)38(45(35)37)28-42(46)48/h1-28,47H. The first-order chi connectivity index (χ1) is 24.8. The van der Waals surface area contributed by atoms with E-state index in [4.69, 9.17) is 4.74 Å². The van der Waals surface area contributed by atoms with E-state index < -0.39 is 5.41 Å². The summed E-state index contributed by atoms with van der Waals surface area (Å²) in [5.41, 5.74) is 18.9. The Hall–Kier alpha value is -6.38. The fourth-order valence-electron chi connectivity index (χ4n) is 9.80. The van der Waals surface area contributed by atoms with Crippen molar-refractivity contribution in [3.63, 3.8) is 0 Å². The molecule has 2 atom stereocenters. The van der Waals surface area contributed by atoms with Gasteiger partial charge in [-0.2, -0.15) is 0 Å². The van der Waals surface area contributed by atoms with E-state index in [1.807, 2.05) is 0 Å². The van der Waals surface area contributed by atoms with Crippen LogP contribution in [0.5, 0.6) is 5.75 Å². The Morgan fingerprint density at radius 1 is 0.440 bits per heavy atom. The quantitative estimate of drug-likeness (QED) is 0.187. The van der Waals surface area contributed by atoms with Crippen molar-refractivity contribution >= 4 is 22.1 Å². The van der Waals surface area contributed by atoms with E-state index in [1.54, 1.807) is 0 Å². The van der Waals surface area contributed by atoms with E-state index in [2.05, 4.69) is 175 Å². The van der Waals surface area contributed by atoms with Gasteiger partial charge in [0.05, 0.1) is 11.1 Å². The van der Waals surface area contributed by atoms with Crippen LogP contribution in [0, 0.1) is 0 Å². The monoisotopic (exact) mass is 635 g/mol. The van der Waals surface area contributed by atoms with E-state index in [0.29, 0.717) is 0 Å². The zero-order valence-corrected chi connectivity index (χ0v) is 27.1. The summed E-state index contributed by atoms with van der Waals surface area (Å²) in [7, 11) is 0. The van der Waals surface area contributed by atoms with E-state index >= 15 is 0 Å². The van der Waals surface area contributed by atoms with Gasteiger partial charge in [0.15, 0.2) is 0 Å². The highest BCUT2D eigenvalue weighted by molar-refractivity contribution is 6.21. The molecule has 1 aliphatic heterocycles. The highest BCUT2D eigenvalue weighted by Gasteiger charge is 2.53. The molecule has 2 nitrogen and oxygen atoms in total. The molecule has 0 N–H and O–H groups in total. The van der Waals surface area contributed by atoms with Gasteiger partial charge < -0.3 is 4.74 Å². The third-order valence-electron chi connectivity index (χ3n) is 11.7. The summed E-state index contributed by atoms with van der Waals surface area (Å²) in [6.45, 7) is 0. The van der Waals surface area contributed by atoms with Crippen molar-refractivity contribution in [3.8, 4) is 50.3 Å². The second-order valence-corrected chi connectivity index (χ2v) is 13.9. The van der Waals surface area contributed by atoms with Crippen LogP contribution in [-0.4, -0.2) is 0 Å². The highest BCUT2D eigenvalue weighted by Crippen LogP contribution is 2.66. The Balaban J connectivity index is 1.17. The first-order valence-corrected chi connectivity index (χ1v) is 17.5. The molecule has 50 heavy (non-hydrogen) atoms. The maximum absolute atomic E-state index is 6.85. The van der Waals surface area contributed by atoms with Crippen LogP contribution in [0.1, 0.15) is 34.0 Å². The average molecular weight is 636 g/mol. The predicted octanol–water partition coefficient (Wildman–Crippen LogP) is 12.1. The molecule has 0 fully saturated rings. The van der Waals surface area contributed by atoms with E-state index in [1.165, 1.54) is 77.5 Å². The maximum atomic E-state index is 6.85. The molecule has 12 rings (SSSR count). The molecule has 3 aliphatic carbocycles. The second-order valence-electron chi connectivity index (χ2n) is 13.9. The Labute approximate surface area is 290 Å². The molecule has 0 bridgehead atoms. The minimum atomic E-state index is -0.477. The molecule has 232 valence electrons. The lowest BCUT2D eigenvalue weighted by molar-refractivity contribution is 0.240. The van der Waals surface area contributed by atoms with Crippen LogP contribution in [0.15, 0.2) is 170 Å². The number of benzene rings is 8. The lowest BCUT2D eigenvalue weighted by atomic mass is 9.70. The molecule has 0 saturated carbocycles. The zero-order chi connectivity index (χ0) is 32.6. The van der Waals surface area contributed by atoms with Crippen LogP contribution in [0.25, 0.3) is 55.3 Å². The molecular weight excluding hydrogens is 607 g/mol. The number of fused-ring (bicyclic) bond motifs is 15. The van der Waals surface area contributed by atoms with Crippen LogP contribution in [0.2, 0.25) is 0 Å². The summed E-state index contributed by atoms with van der Waals surface area (Å²) < 4.78 is 6.85. The fraction of sp³-hybridized carbons (Fsp3) is 0.0417. The lowest BCUT2D eigenvalue weighted by Gasteiger charge is -2.32. The maximum Gasteiger partial charge on any atom is 0.203 e. The number of rotatable bonds is 2. The van der Waals surface area contributed by atoms with Gasteiger partial charge in [0.1, 0.15) is 5.75 Å². The van der Waals surface area contributed by atoms with Crippen LogP contribution < -0.4 is 9.64 Å². The SMILES string of the molecule is c1ccc(N2c3ccccc3OC2c2ccc3c(c2)C2(c4ccccc4-3)c3ccccc3-c3c2cc2c4c(cccc34)-c3ccccc3-2)cc1. The Morgan fingerprint density at radius 3 is 1.92 bits per heavy atom. The molecule has 8 aromatic rings. The first kappa shape index (κ1) is 26.6. The lowest BCUT2D eigenvalue weighted by Crippen LogP contribution is -2.27. The van der Waals surface area contributed by atoms with Gasteiger partial charge in [-0.25, -0.2) is 0 Å². The summed E-state index contributed by atoms with van der Waals surface area (Å²) >= 11 is 0. The molecule has 4 aliphatic rings. The van der Waals surface area contributed by atoms with Gasteiger partial charge in [0.25, 0.3) is 0 Å². The Kier molecular flexibility index (Phi) is 4.99. The first-order valence-electron chi connectivity index (χ1n) is 17.5. The second kappa shape index (κ2) is 9.40. The van der Waals surface area contributed by atoms with Crippen molar-refractivity contribution in [2.45, 2.75) is 11.6 Å². The Bertz CT molecular complexity index is 2760. The third kappa shape index (κ3) is 3.11. The van der Waals surface area contributed by atoms with Crippen molar-refractivity contribution in [1.82, 2.24) is 0 Å². The van der Waals surface area contributed by atoms with Crippen LogP contribution >= 0.6 is 0 Å². The molecule has 1 heterocycles. The van der Waals surface area contributed by atoms with Crippen LogP contribution in [-0.2, 0) is 5.41 Å².